The monoisotopic (exact) mass is 592 g/mol. The molecule has 192 valence electrons. The number of para-hydroxylation sites is 2. The number of nitrogens with zero attached hydrogens (tertiary/aromatic N) is 2. The summed E-state index contributed by atoms with van der Waals surface area (Å²) >= 11 is 0. The fourth-order valence-corrected chi connectivity index (χ4v) is 4.83. The van der Waals surface area contributed by atoms with E-state index in [2.05, 4.69) is 19.9 Å². The molecule has 4 aromatic carbocycles. The minimum absolute atomic E-state index is 0. The maximum Gasteiger partial charge on any atom is 1.00 e. The Hall–Kier alpha value is -2.36. The zero-order valence-corrected chi connectivity index (χ0v) is 27.0. The van der Waals surface area contributed by atoms with E-state index in [1.54, 1.807) is 24.3 Å². The van der Waals surface area contributed by atoms with E-state index in [4.69, 9.17) is 0 Å². The van der Waals surface area contributed by atoms with Crippen LogP contribution in [-0.2, 0) is 20.2 Å². The molecule has 14 heteroatoms. The third kappa shape index (κ3) is 7.09. The zero-order chi connectivity index (χ0) is 26.9. The SMILES string of the molecule is O=S(=O)([O-])c1nc2c(-c3ccccc3)cccc2[nH]1.O=S(=O)([O-])c1nc2c(-c3ccccc3)cccc2[nH]1.[Na+].[Na+]. The van der Waals surface area contributed by atoms with Gasteiger partial charge < -0.3 is 19.1 Å². The van der Waals surface area contributed by atoms with Crippen LogP contribution in [0.4, 0.5) is 0 Å². The van der Waals surface area contributed by atoms with Gasteiger partial charge in [0.1, 0.15) is 0 Å². The third-order valence-corrected chi connectivity index (χ3v) is 6.96. The van der Waals surface area contributed by atoms with Crippen molar-refractivity contribution in [2.45, 2.75) is 10.3 Å². The van der Waals surface area contributed by atoms with Crippen LogP contribution in [0.5, 0.6) is 0 Å². The summed E-state index contributed by atoms with van der Waals surface area (Å²) in [4.78, 5) is 12.9. The van der Waals surface area contributed by atoms with Gasteiger partial charge in [-0.3, -0.25) is 0 Å². The van der Waals surface area contributed by atoms with Gasteiger partial charge in [0.15, 0.2) is 20.2 Å². The molecular weight excluding hydrogens is 574 g/mol. The van der Waals surface area contributed by atoms with Gasteiger partial charge in [-0.2, -0.15) is 0 Å². The van der Waals surface area contributed by atoms with Crippen molar-refractivity contribution in [2.75, 3.05) is 0 Å². The molecule has 0 radical (unpaired) electrons. The standard InChI is InChI=1S/2C13H10N2O3S.2Na/c2*16-19(17,18)13-14-11-8-4-7-10(12(11)15-13)9-5-2-1-3-6-9;;/h2*1-8H,(H,14,15)(H,16,17,18);;/q;;2*+1/p-2. The minimum atomic E-state index is -4.58. The average Bonchev–Trinajstić information content (AvgIpc) is 3.55. The Morgan fingerprint density at radius 3 is 1.18 bits per heavy atom. The Kier molecular flexibility index (Phi) is 10.5. The summed E-state index contributed by atoms with van der Waals surface area (Å²) in [6, 6.07) is 29.5. The van der Waals surface area contributed by atoms with E-state index in [1.165, 1.54) is 0 Å². The summed E-state index contributed by atoms with van der Waals surface area (Å²) in [6.07, 6.45) is 0. The molecule has 0 aliphatic heterocycles. The van der Waals surface area contributed by atoms with Crippen LogP contribution in [0.1, 0.15) is 0 Å². The first-order chi connectivity index (χ1) is 18.1. The molecule has 0 saturated carbocycles. The molecule has 10 nitrogen and oxygen atoms in total. The van der Waals surface area contributed by atoms with Gasteiger partial charge >= 0.3 is 59.1 Å². The molecule has 40 heavy (non-hydrogen) atoms. The van der Waals surface area contributed by atoms with E-state index in [-0.39, 0.29) is 59.1 Å². The second-order valence-electron chi connectivity index (χ2n) is 8.13. The topological polar surface area (TPSA) is 172 Å². The predicted octanol–water partition coefficient (Wildman–Crippen LogP) is -1.72. The molecule has 0 unspecified atom stereocenters. The van der Waals surface area contributed by atoms with Crippen molar-refractivity contribution in [3.8, 4) is 22.3 Å². The van der Waals surface area contributed by atoms with Crippen molar-refractivity contribution in [2.24, 2.45) is 0 Å². The number of hydrogen-bond acceptors (Lipinski definition) is 8. The van der Waals surface area contributed by atoms with E-state index in [0.717, 1.165) is 22.3 Å². The van der Waals surface area contributed by atoms with Gasteiger partial charge in [-0.25, -0.2) is 26.8 Å². The number of aromatic nitrogens is 4. The number of aromatic amines is 2. The summed E-state index contributed by atoms with van der Waals surface area (Å²) < 4.78 is 66.0. The molecule has 0 saturated heterocycles. The fraction of sp³-hybridized carbons (Fsp3) is 0. The Morgan fingerprint density at radius 1 is 0.500 bits per heavy atom. The van der Waals surface area contributed by atoms with E-state index < -0.39 is 30.5 Å². The molecule has 0 spiro atoms. The van der Waals surface area contributed by atoms with Crippen molar-refractivity contribution in [1.29, 1.82) is 0 Å². The van der Waals surface area contributed by atoms with E-state index in [9.17, 15) is 25.9 Å². The fourth-order valence-electron chi connectivity index (χ4n) is 3.96. The number of H-pyrrole nitrogens is 2. The molecule has 0 bridgehead atoms. The van der Waals surface area contributed by atoms with Gasteiger partial charge in [-0.1, -0.05) is 84.9 Å². The number of imidazole rings is 2. The van der Waals surface area contributed by atoms with Crippen molar-refractivity contribution < 1.29 is 85.1 Å². The van der Waals surface area contributed by atoms with Crippen LogP contribution in [-0.4, -0.2) is 45.9 Å². The summed E-state index contributed by atoms with van der Waals surface area (Å²) in [5.41, 5.74) is 5.38. The Balaban J connectivity index is 0.000000210. The minimum Gasteiger partial charge on any atom is -0.742 e. The summed E-state index contributed by atoms with van der Waals surface area (Å²) in [7, 11) is -9.16. The van der Waals surface area contributed by atoms with Gasteiger partial charge in [-0.05, 0) is 23.3 Å². The number of fused-ring (bicyclic) bond motifs is 2. The summed E-state index contributed by atoms with van der Waals surface area (Å²) in [5.74, 6) is 0. The van der Waals surface area contributed by atoms with Crippen molar-refractivity contribution in [1.82, 2.24) is 19.9 Å². The van der Waals surface area contributed by atoms with Crippen LogP contribution in [0.15, 0.2) is 107 Å². The molecular formula is C26H18N4Na2O6S2. The van der Waals surface area contributed by atoms with Gasteiger partial charge in [0.05, 0.1) is 22.1 Å². The summed E-state index contributed by atoms with van der Waals surface area (Å²) in [5, 5.41) is -1.10. The zero-order valence-electron chi connectivity index (χ0n) is 21.4. The summed E-state index contributed by atoms with van der Waals surface area (Å²) in [6.45, 7) is 0. The Morgan fingerprint density at radius 2 is 0.850 bits per heavy atom. The maximum atomic E-state index is 11.0. The molecule has 6 rings (SSSR count). The molecule has 0 amide bonds. The maximum absolute atomic E-state index is 11.0. The van der Waals surface area contributed by atoms with Crippen molar-refractivity contribution in [3.05, 3.63) is 97.1 Å². The van der Waals surface area contributed by atoms with Gasteiger partial charge in [0.2, 0.25) is 10.3 Å². The number of hydrogen-bond donors (Lipinski definition) is 2. The largest absolute Gasteiger partial charge is 1.00 e. The first kappa shape index (κ1) is 32.2. The Bertz CT molecular complexity index is 1830. The van der Waals surface area contributed by atoms with E-state index in [1.807, 2.05) is 72.8 Å². The molecule has 2 heterocycles. The molecule has 0 aliphatic carbocycles. The van der Waals surface area contributed by atoms with Crippen LogP contribution in [0.3, 0.4) is 0 Å². The van der Waals surface area contributed by atoms with Crippen molar-refractivity contribution in [3.63, 3.8) is 0 Å². The Labute approximate surface area is 274 Å². The first-order valence-corrected chi connectivity index (χ1v) is 13.9. The average molecular weight is 593 g/mol. The normalized spacial score (nSPS) is 11.2. The van der Waals surface area contributed by atoms with Crippen LogP contribution in [0, 0.1) is 0 Å². The molecule has 2 N–H and O–H groups in total. The number of nitrogens with one attached hydrogen (secondary N) is 2. The number of benzene rings is 4. The quantitative estimate of drug-likeness (QED) is 0.180. The second kappa shape index (κ2) is 13.1. The molecule has 0 atom stereocenters. The van der Waals surface area contributed by atoms with Gasteiger partial charge in [0, 0.05) is 11.1 Å². The molecule has 2 aromatic heterocycles. The van der Waals surface area contributed by atoms with Crippen LogP contribution in [0.25, 0.3) is 44.3 Å². The smallest absolute Gasteiger partial charge is 0.742 e. The van der Waals surface area contributed by atoms with Crippen LogP contribution >= 0.6 is 0 Å². The van der Waals surface area contributed by atoms with Crippen LogP contribution < -0.4 is 59.1 Å². The molecule has 6 aromatic rings. The molecule has 0 fully saturated rings. The number of rotatable bonds is 4. The predicted molar refractivity (Wildman–Crippen MR) is 139 cm³/mol. The third-order valence-electron chi connectivity index (χ3n) is 5.63. The van der Waals surface area contributed by atoms with Crippen molar-refractivity contribution >= 4 is 42.3 Å². The molecule has 0 aliphatic rings. The second-order valence-corrected chi connectivity index (χ2v) is 10.7. The van der Waals surface area contributed by atoms with E-state index >= 15 is 0 Å². The van der Waals surface area contributed by atoms with E-state index in [0.29, 0.717) is 22.1 Å². The van der Waals surface area contributed by atoms with Gasteiger partial charge in [0.25, 0.3) is 0 Å². The van der Waals surface area contributed by atoms with Crippen LogP contribution in [0.2, 0.25) is 0 Å². The first-order valence-electron chi connectivity index (χ1n) is 11.1. The van der Waals surface area contributed by atoms with Gasteiger partial charge in [-0.15, -0.1) is 0 Å².